The highest BCUT2D eigenvalue weighted by Crippen LogP contribution is 2.19. The summed E-state index contributed by atoms with van der Waals surface area (Å²) >= 11 is 1.62. The SMILES string of the molecule is CCNC(=NCc1ccccc1S(=O)(=O)N(C)C)N(C)Cc1csc(C)n1.I. The molecule has 2 rings (SSSR count). The van der Waals surface area contributed by atoms with E-state index in [9.17, 15) is 8.42 Å². The maximum Gasteiger partial charge on any atom is 0.242 e. The lowest BCUT2D eigenvalue weighted by Gasteiger charge is -2.21. The first kappa shape index (κ1) is 24.8. The Morgan fingerprint density at radius 3 is 2.50 bits per heavy atom. The summed E-state index contributed by atoms with van der Waals surface area (Å²) in [4.78, 5) is 11.4. The Kier molecular flexibility index (Phi) is 9.81. The van der Waals surface area contributed by atoms with E-state index in [-0.39, 0.29) is 35.4 Å². The average Bonchev–Trinajstić information content (AvgIpc) is 3.03. The van der Waals surface area contributed by atoms with Gasteiger partial charge in [-0.25, -0.2) is 22.7 Å². The van der Waals surface area contributed by atoms with Crippen molar-refractivity contribution in [1.29, 1.82) is 0 Å². The normalized spacial score (nSPS) is 12.0. The highest BCUT2D eigenvalue weighted by Gasteiger charge is 2.20. The van der Waals surface area contributed by atoms with Crippen molar-refractivity contribution in [2.24, 2.45) is 4.99 Å². The van der Waals surface area contributed by atoms with Gasteiger partial charge in [0.05, 0.1) is 28.7 Å². The van der Waals surface area contributed by atoms with E-state index in [0.29, 0.717) is 18.1 Å². The van der Waals surface area contributed by atoms with Crippen LogP contribution >= 0.6 is 35.3 Å². The predicted molar refractivity (Wildman–Crippen MR) is 126 cm³/mol. The number of rotatable bonds is 7. The predicted octanol–water partition coefficient (Wildman–Crippen LogP) is 2.92. The average molecular weight is 537 g/mol. The van der Waals surface area contributed by atoms with Crippen molar-refractivity contribution in [2.75, 3.05) is 27.7 Å². The number of hydrogen-bond acceptors (Lipinski definition) is 5. The summed E-state index contributed by atoms with van der Waals surface area (Å²) in [5.41, 5.74) is 1.65. The van der Waals surface area contributed by atoms with Gasteiger partial charge in [0.1, 0.15) is 0 Å². The van der Waals surface area contributed by atoms with Gasteiger partial charge >= 0.3 is 0 Å². The van der Waals surface area contributed by atoms with Gasteiger partial charge in [-0.2, -0.15) is 0 Å². The molecule has 156 valence electrons. The van der Waals surface area contributed by atoms with Crippen molar-refractivity contribution in [1.82, 2.24) is 19.5 Å². The molecule has 0 saturated heterocycles. The maximum atomic E-state index is 12.5. The molecule has 0 aliphatic heterocycles. The van der Waals surface area contributed by atoms with E-state index in [1.165, 1.54) is 18.4 Å². The molecule has 0 aliphatic carbocycles. The Hall–Kier alpha value is -1.24. The van der Waals surface area contributed by atoms with E-state index in [1.54, 1.807) is 29.5 Å². The molecule has 0 unspecified atom stereocenters. The fraction of sp³-hybridized carbons (Fsp3) is 0.444. The van der Waals surface area contributed by atoms with E-state index in [0.717, 1.165) is 17.2 Å². The monoisotopic (exact) mass is 537 g/mol. The van der Waals surface area contributed by atoms with Gasteiger partial charge in [-0.3, -0.25) is 0 Å². The fourth-order valence-corrected chi connectivity index (χ4v) is 4.22. The minimum atomic E-state index is -3.51. The third-order valence-corrected chi connectivity index (χ3v) is 6.63. The molecular weight excluding hydrogens is 509 g/mol. The zero-order chi connectivity index (χ0) is 20.0. The summed E-state index contributed by atoms with van der Waals surface area (Å²) in [6, 6.07) is 6.97. The molecule has 1 heterocycles. The molecule has 7 nitrogen and oxygen atoms in total. The van der Waals surface area contributed by atoms with Crippen LogP contribution in [0.15, 0.2) is 39.5 Å². The molecule has 0 spiro atoms. The summed E-state index contributed by atoms with van der Waals surface area (Å²) in [5, 5.41) is 6.32. The first-order valence-corrected chi connectivity index (χ1v) is 11.0. The number of sulfonamides is 1. The van der Waals surface area contributed by atoms with Gasteiger partial charge in [-0.15, -0.1) is 35.3 Å². The van der Waals surface area contributed by atoms with Gasteiger partial charge in [-0.1, -0.05) is 18.2 Å². The molecule has 0 aliphatic rings. The number of aryl methyl sites for hydroxylation is 1. The van der Waals surface area contributed by atoms with E-state index < -0.39 is 10.0 Å². The zero-order valence-electron chi connectivity index (χ0n) is 16.8. The Bertz CT molecular complexity index is 897. The summed E-state index contributed by atoms with van der Waals surface area (Å²) in [7, 11) is 1.49. The molecule has 1 aromatic carbocycles. The highest BCUT2D eigenvalue weighted by atomic mass is 127. The van der Waals surface area contributed by atoms with Crippen LogP contribution in [0.3, 0.4) is 0 Å². The second kappa shape index (κ2) is 11.1. The lowest BCUT2D eigenvalue weighted by molar-refractivity contribution is 0.470. The van der Waals surface area contributed by atoms with Crippen molar-refractivity contribution < 1.29 is 8.42 Å². The Labute approximate surface area is 189 Å². The molecule has 1 N–H and O–H groups in total. The minimum absolute atomic E-state index is 0. The van der Waals surface area contributed by atoms with Crippen molar-refractivity contribution in [3.05, 3.63) is 45.9 Å². The molecule has 2 aromatic rings. The molecule has 1 aromatic heterocycles. The third kappa shape index (κ3) is 6.39. The number of aliphatic imine (C=N–C) groups is 1. The zero-order valence-corrected chi connectivity index (χ0v) is 20.8. The molecule has 0 saturated carbocycles. The molecule has 0 atom stereocenters. The molecular formula is C18H28IN5O2S2. The molecule has 0 fully saturated rings. The Morgan fingerprint density at radius 2 is 1.93 bits per heavy atom. The van der Waals surface area contributed by atoms with Crippen molar-refractivity contribution >= 4 is 51.3 Å². The summed E-state index contributed by atoms with van der Waals surface area (Å²) < 4.78 is 26.3. The van der Waals surface area contributed by atoms with Crippen LogP contribution in [-0.4, -0.2) is 56.3 Å². The number of nitrogens with zero attached hydrogens (tertiary/aromatic N) is 4. The van der Waals surface area contributed by atoms with Gasteiger partial charge in [0.15, 0.2) is 5.96 Å². The standard InChI is InChI=1S/C18H27N5O2S2.HI/c1-6-19-18(23(5)12-16-13-26-14(2)21-16)20-11-15-9-7-8-10-17(15)27(24,25)22(3)4;/h7-10,13H,6,11-12H2,1-5H3,(H,19,20);1H. The van der Waals surface area contributed by atoms with Crippen molar-refractivity contribution in [3.8, 4) is 0 Å². The van der Waals surface area contributed by atoms with E-state index in [4.69, 9.17) is 0 Å². The number of nitrogens with one attached hydrogen (secondary N) is 1. The maximum absolute atomic E-state index is 12.5. The van der Waals surface area contributed by atoms with Crippen LogP contribution < -0.4 is 5.32 Å². The summed E-state index contributed by atoms with van der Waals surface area (Å²) in [6.45, 7) is 5.60. The molecule has 0 radical (unpaired) electrons. The van der Waals surface area contributed by atoms with Crippen LogP contribution in [0.1, 0.15) is 23.2 Å². The van der Waals surface area contributed by atoms with E-state index >= 15 is 0 Å². The van der Waals surface area contributed by atoms with Crippen LogP contribution in [0.5, 0.6) is 0 Å². The fourth-order valence-electron chi connectivity index (χ4n) is 2.51. The second-order valence-electron chi connectivity index (χ2n) is 6.28. The van der Waals surface area contributed by atoms with Crippen LogP contribution in [0, 0.1) is 6.92 Å². The number of hydrogen-bond donors (Lipinski definition) is 1. The minimum Gasteiger partial charge on any atom is -0.357 e. The number of guanidine groups is 1. The van der Waals surface area contributed by atoms with Crippen molar-refractivity contribution in [2.45, 2.75) is 31.8 Å². The first-order chi connectivity index (χ1) is 12.8. The number of halogens is 1. The summed E-state index contributed by atoms with van der Waals surface area (Å²) in [6.07, 6.45) is 0. The lowest BCUT2D eigenvalue weighted by Crippen LogP contribution is -2.38. The lowest BCUT2D eigenvalue weighted by atomic mass is 10.2. The quantitative estimate of drug-likeness (QED) is 0.334. The van der Waals surface area contributed by atoms with Crippen LogP contribution in [0.25, 0.3) is 0 Å². The second-order valence-corrected chi connectivity index (χ2v) is 9.46. The smallest absolute Gasteiger partial charge is 0.242 e. The highest BCUT2D eigenvalue weighted by molar-refractivity contribution is 14.0. The number of aromatic nitrogens is 1. The van der Waals surface area contributed by atoms with Gasteiger partial charge in [0.2, 0.25) is 10.0 Å². The molecule has 10 heteroatoms. The third-order valence-electron chi connectivity index (χ3n) is 3.89. The van der Waals surface area contributed by atoms with Gasteiger partial charge < -0.3 is 10.2 Å². The topological polar surface area (TPSA) is 77.9 Å². The molecule has 28 heavy (non-hydrogen) atoms. The van der Waals surface area contributed by atoms with Crippen molar-refractivity contribution in [3.63, 3.8) is 0 Å². The molecule has 0 bridgehead atoms. The van der Waals surface area contributed by atoms with Gasteiger partial charge in [0.25, 0.3) is 0 Å². The Balaban J connectivity index is 0.00000392. The largest absolute Gasteiger partial charge is 0.357 e. The summed E-state index contributed by atoms with van der Waals surface area (Å²) in [5.74, 6) is 0.709. The van der Waals surface area contributed by atoms with E-state index in [1.807, 2.05) is 37.2 Å². The first-order valence-electron chi connectivity index (χ1n) is 8.66. The Morgan fingerprint density at radius 1 is 1.25 bits per heavy atom. The van der Waals surface area contributed by atoms with Crippen LogP contribution in [-0.2, 0) is 23.1 Å². The number of thiazole rings is 1. The van der Waals surface area contributed by atoms with Gasteiger partial charge in [0, 0.05) is 33.1 Å². The van der Waals surface area contributed by atoms with Crippen LogP contribution in [0.2, 0.25) is 0 Å². The van der Waals surface area contributed by atoms with Crippen LogP contribution in [0.4, 0.5) is 0 Å². The molecule has 0 amide bonds. The van der Waals surface area contributed by atoms with Gasteiger partial charge in [-0.05, 0) is 25.5 Å². The number of benzene rings is 1. The van der Waals surface area contributed by atoms with E-state index in [2.05, 4.69) is 15.3 Å².